The number of carbonyl (C=O) groups excluding carboxylic acids is 1. The minimum atomic E-state index is -1.27. The van der Waals surface area contributed by atoms with E-state index in [9.17, 15) is 9.90 Å². The van der Waals surface area contributed by atoms with Crippen molar-refractivity contribution in [3.63, 3.8) is 0 Å². The predicted octanol–water partition coefficient (Wildman–Crippen LogP) is 11.4. The van der Waals surface area contributed by atoms with E-state index in [4.69, 9.17) is 30.5 Å². The second-order valence-corrected chi connectivity index (χ2v) is 15.1. The third-order valence-corrected chi connectivity index (χ3v) is 11.1. The Morgan fingerprint density at radius 2 is 0.661 bits per heavy atom. The molecule has 0 unspecified atom stereocenters. The first-order chi connectivity index (χ1) is 27.0. The van der Waals surface area contributed by atoms with Gasteiger partial charge in [0.15, 0.2) is 0 Å². The molecule has 0 saturated carbocycles. The molecule has 0 bridgehead atoms. The first-order valence-corrected chi connectivity index (χ1v) is 20.6. The summed E-state index contributed by atoms with van der Waals surface area (Å²) in [6.07, 6.45) is 4.10. The summed E-state index contributed by atoms with van der Waals surface area (Å²) in [6, 6.07) is 47.2. The molecule has 6 rings (SSSR count). The fourth-order valence-electron chi connectivity index (χ4n) is 5.96. The summed E-state index contributed by atoms with van der Waals surface area (Å²) in [7, 11) is 6.58. The molecule has 1 N–H and O–H groups in total. The highest BCUT2D eigenvalue weighted by molar-refractivity contribution is 7.98. The number of hydrogen-bond acceptors (Lipinski definition) is 8. The SMILES string of the molecule is CC(=O)Cl.COc1ccc(C(Cl)(c2ccc(OC)cc2)c2ccc(SC)cc2)cc1.COc1ccc(C(O)(c2ccc(OC)cc2)c2ccc(SC)cc2)cc1. The van der Waals surface area contributed by atoms with Crippen molar-refractivity contribution in [1.29, 1.82) is 0 Å². The van der Waals surface area contributed by atoms with Crippen molar-refractivity contribution in [1.82, 2.24) is 0 Å². The Morgan fingerprint density at radius 1 is 0.464 bits per heavy atom. The minimum absolute atomic E-state index is 0.361. The molecule has 0 amide bonds. The average molecular weight is 830 g/mol. The Kier molecular flexibility index (Phi) is 16.6. The van der Waals surface area contributed by atoms with Crippen LogP contribution in [0.25, 0.3) is 0 Å². The van der Waals surface area contributed by atoms with E-state index in [2.05, 4.69) is 42.1 Å². The molecule has 0 spiro atoms. The third-order valence-electron chi connectivity index (χ3n) is 8.99. The monoisotopic (exact) mass is 828 g/mol. The molecule has 292 valence electrons. The van der Waals surface area contributed by atoms with Gasteiger partial charge in [0.2, 0.25) is 5.24 Å². The number of aliphatic hydroxyl groups is 1. The second-order valence-electron chi connectivity index (χ2n) is 12.2. The number of methoxy groups -OCH3 is 4. The van der Waals surface area contributed by atoms with E-state index in [1.165, 1.54) is 11.8 Å². The lowest BCUT2D eigenvalue weighted by atomic mass is 9.80. The fourth-order valence-corrected chi connectivity index (χ4v) is 7.15. The van der Waals surface area contributed by atoms with E-state index < -0.39 is 10.5 Å². The Bertz CT molecular complexity index is 1710. The molecular weight excluding hydrogens is 784 g/mol. The van der Waals surface area contributed by atoms with Gasteiger partial charge in [0.25, 0.3) is 0 Å². The van der Waals surface area contributed by atoms with Crippen LogP contribution in [0.1, 0.15) is 40.3 Å². The Hall–Kier alpha value is -4.57. The maximum atomic E-state index is 11.8. The molecule has 6 aromatic rings. The Balaban J connectivity index is 0.000000227. The van der Waals surface area contributed by atoms with Crippen molar-refractivity contribution < 1.29 is 28.8 Å². The van der Waals surface area contributed by atoms with E-state index in [0.29, 0.717) is 0 Å². The fraction of sp³-hybridized carbons (Fsp3) is 0.196. The number of rotatable bonds is 12. The van der Waals surface area contributed by atoms with Gasteiger partial charge < -0.3 is 24.1 Å². The van der Waals surface area contributed by atoms with Crippen LogP contribution in [0.4, 0.5) is 0 Å². The van der Waals surface area contributed by atoms with Gasteiger partial charge in [-0.2, -0.15) is 0 Å². The molecular formula is C46H46Cl2O6S2. The van der Waals surface area contributed by atoms with Crippen LogP contribution in [0.3, 0.4) is 0 Å². The van der Waals surface area contributed by atoms with E-state index >= 15 is 0 Å². The molecule has 56 heavy (non-hydrogen) atoms. The highest BCUT2D eigenvalue weighted by atomic mass is 35.5. The van der Waals surface area contributed by atoms with Crippen molar-refractivity contribution in [2.75, 3.05) is 41.0 Å². The van der Waals surface area contributed by atoms with Crippen LogP contribution in [0.2, 0.25) is 0 Å². The maximum Gasteiger partial charge on any atom is 0.218 e. The minimum Gasteiger partial charge on any atom is -0.497 e. The van der Waals surface area contributed by atoms with Crippen molar-refractivity contribution in [3.05, 3.63) is 179 Å². The topological polar surface area (TPSA) is 74.2 Å². The summed E-state index contributed by atoms with van der Waals surface area (Å²) in [5.74, 6) is 3.12. The predicted molar refractivity (Wildman–Crippen MR) is 233 cm³/mol. The second kappa shape index (κ2) is 21.1. The average Bonchev–Trinajstić information content (AvgIpc) is 3.26. The summed E-state index contributed by atoms with van der Waals surface area (Å²) in [6.45, 7) is 1.29. The molecule has 0 atom stereocenters. The molecule has 0 aliphatic heterocycles. The normalized spacial score (nSPS) is 10.9. The summed E-state index contributed by atoms with van der Waals surface area (Å²) in [5.41, 5.74) is 4.10. The Morgan fingerprint density at radius 3 is 0.875 bits per heavy atom. The Labute approximate surface area is 349 Å². The molecule has 6 aromatic carbocycles. The van der Waals surface area contributed by atoms with Gasteiger partial charge in [0.05, 0.1) is 28.4 Å². The molecule has 0 aliphatic carbocycles. The van der Waals surface area contributed by atoms with Crippen LogP contribution >= 0.6 is 46.7 Å². The van der Waals surface area contributed by atoms with E-state index in [0.717, 1.165) is 61.3 Å². The van der Waals surface area contributed by atoms with Crippen molar-refractivity contribution >= 4 is 52.0 Å². The van der Waals surface area contributed by atoms with Crippen molar-refractivity contribution in [2.24, 2.45) is 0 Å². The number of thioether (sulfide) groups is 2. The van der Waals surface area contributed by atoms with Gasteiger partial charge in [-0.05, 0) is 130 Å². The number of benzene rings is 6. The number of halogens is 2. The van der Waals surface area contributed by atoms with Crippen molar-refractivity contribution in [3.8, 4) is 23.0 Å². The van der Waals surface area contributed by atoms with Crippen LogP contribution in [-0.4, -0.2) is 51.3 Å². The zero-order valence-electron chi connectivity index (χ0n) is 32.4. The number of alkyl halides is 1. The zero-order chi connectivity index (χ0) is 40.7. The first-order valence-electron chi connectivity index (χ1n) is 17.4. The molecule has 10 heteroatoms. The number of ether oxygens (including phenoxy) is 4. The highest BCUT2D eigenvalue weighted by Gasteiger charge is 2.35. The molecule has 0 saturated heterocycles. The lowest BCUT2D eigenvalue weighted by molar-refractivity contribution is -0.109. The molecule has 0 heterocycles. The van der Waals surface area contributed by atoms with Gasteiger partial charge in [-0.15, -0.1) is 35.1 Å². The van der Waals surface area contributed by atoms with Crippen LogP contribution in [0, 0.1) is 0 Å². The van der Waals surface area contributed by atoms with Gasteiger partial charge in [-0.25, -0.2) is 0 Å². The highest BCUT2D eigenvalue weighted by Crippen LogP contribution is 2.44. The van der Waals surface area contributed by atoms with Crippen molar-refractivity contribution in [2.45, 2.75) is 27.2 Å². The lowest BCUT2D eigenvalue weighted by Gasteiger charge is -2.30. The summed E-state index contributed by atoms with van der Waals surface area (Å²) in [4.78, 5) is 10.8. The van der Waals surface area contributed by atoms with Crippen LogP contribution in [0.5, 0.6) is 23.0 Å². The number of carbonyl (C=O) groups is 1. The molecule has 0 aromatic heterocycles. The third kappa shape index (κ3) is 10.8. The van der Waals surface area contributed by atoms with Gasteiger partial charge in [-0.1, -0.05) is 72.8 Å². The summed E-state index contributed by atoms with van der Waals surface area (Å²) in [5, 5.41) is 11.5. The standard InChI is InChI=1S/C22H21ClO2S.C22H22O3S.C2H3ClO/c2*1-24-19-10-4-16(5-11-19)22(23,17-6-12-20(25-2)13-7-17)18-8-14-21(26-3)15-9-18;1-2(3)4/h4-15H,1-3H3;4-15,23H,1-3H3;1H3. The zero-order valence-corrected chi connectivity index (χ0v) is 35.6. The molecule has 0 fully saturated rings. The van der Waals surface area contributed by atoms with Gasteiger partial charge in [-0.3, -0.25) is 4.79 Å². The molecule has 0 radical (unpaired) electrons. The van der Waals surface area contributed by atoms with Crippen LogP contribution in [-0.2, 0) is 15.3 Å². The first kappa shape index (κ1) is 44.1. The molecule has 6 nitrogen and oxygen atoms in total. The largest absolute Gasteiger partial charge is 0.497 e. The van der Waals surface area contributed by atoms with Gasteiger partial charge >= 0.3 is 0 Å². The maximum absolute atomic E-state index is 11.8. The summed E-state index contributed by atoms with van der Waals surface area (Å²) < 4.78 is 21.1. The van der Waals surface area contributed by atoms with Gasteiger partial charge in [0.1, 0.15) is 33.5 Å². The number of hydrogen-bond donors (Lipinski definition) is 1. The van der Waals surface area contributed by atoms with E-state index in [1.807, 2.05) is 128 Å². The van der Waals surface area contributed by atoms with Gasteiger partial charge in [0, 0.05) is 16.7 Å². The van der Waals surface area contributed by atoms with Crippen LogP contribution in [0.15, 0.2) is 155 Å². The smallest absolute Gasteiger partial charge is 0.218 e. The van der Waals surface area contributed by atoms with E-state index in [1.54, 1.807) is 52.0 Å². The lowest BCUT2D eigenvalue weighted by Crippen LogP contribution is -2.28. The molecule has 0 aliphatic rings. The van der Waals surface area contributed by atoms with Crippen LogP contribution < -0.4 is 18.9 Å². The quantitative estimate of drug-likeness (QED) is 0.0566. The summed E-state index contributed by atoms with van der Waals surface area (Å²) >= 11 is 15.3. The van der Waals surface area contributed by atoms with E-state index in [-0.39, 0.29) is 5.24 Å².